The summed E-state index contributed by atoms with van der Waals surface area (Å²) in [6, 6.07) is 19.9. The number of esters is 1. The molecule has 3 fully saturated rings. The van der Waals surface area contributed by atoms with Crippen LogP contribution in [0.15, 0.2) is 60.7 Å². The predicted molar refractivity (Wildman–Crippen MR) is 124 cm³/mol. The van der Waals surface area contributed by atoms with Crippen molar-refractivity contribution in [2.45, 2.75) is 82.6 Å². The topological polar surface area (TPSA) is 65.0 Å². The standard InChI is InChI=1S/C28H34O5/c1-2-16-28(30)25(32-19-21-13-7-4-8-14-21)24(31-18-20-11-5-3-6-12-20)23-22-15-9-10-17-27(22,28)26(29)33-23/h3-8,11-14,22-25,30H,2,9-10,15-19H2,1H3/t22-,23+,24-,25+,27+,28+/m0/s1. The minimum Gasteiger partial charge on any atom is -0.459 e. The first-order valence-corrected chi connectivity index (χ1v) is 12.3. The lowest BCUT2D eigenvalue weighted by Gasteiger charge is -2.56. The highest BCUT2D eigenvalue weighted by Gasteiger charge is 2.76. The van der Waals surface area contributed by atoms with Crippen LogP contribution >= 0.6 is 0 Å². The predicted octanol–water partition coefficient (Wildman–Crippen LogP) is 4.80. The van der Waals surface area contributed by atoms with Gasteiger partial charge in [-0.2, -0.15) is 0 Å². The zero-order chi connectivity index (χ0) is 22.9. The van der Waals surface area contributed by atoms with E-state index in [9.17, 15) is 9.90 Å². The third-order valence-corrected chi connectivity index (χ3v) is 8.03. The van der Waals surface area contributed by atoms with Gasteiger partial charge in [0.1, 0.15) is 29.3 Å². The van der Waals surface area contributed by atoms with Gasteiger partial charge in [0.15, 0.2) is 0 Å². The van der Waals surface area contributed by atoms with Crippen molar-refractivity contribution in [3.8, 4) is 0 Å². The summed E-state index contributed by atoms with van der Waals surface area (Å²) in [5.74, 6) is -0.292. The van der Waals surface area contributed by atoms with Gasteiger partial charge in [0, 0.05) is 5.92 Å². The van der Waals surface area contributed by atoms with Gasteiger partial charge in [0.05, 0.1) is 13.2 Å². The van der Waals surface area contributed by atoms with Gasteiger partial charge in [-0.1, -0.05) is 86.8 Å². The van der Waals surface area contributed by atoms with E-state index in [0.29, 0.717) is 26.1 Å². The molecule has 0 amide bonds. The largest absolute Gasteiger partial charge is 0.459 e. The van der Waals surface area contributed by atoms with Crippen molar-refractivity contribution >= 4 is 5.97 Å². The molecule has 2 aliphatic carbocycles. The van der Waals surface area contributed by atoms with Crippen LogP contribution in [0.5, 0.6) is 0 Å². The minimum atomic E-state index is -1.33. The van der Waals surface area contributed by atoms with Gasteiger partial charge in [0.25, 0.3) is 0 Å². The molecule has 2 bridgehead atoms. The Kier molecular flexibility index (Phi) is 6.30. The number of carbonyl (C=O) groups is 1. The van der Waals surface area contributed by atoms with E-state index in [4.69, 9.17) is 14.2 Å². The van der Waals surface area contributed by atoms with E-state index >= 15 is 0 Å². The molecule has 2 aromatic rings. The molecule has 5 heteroatoms. The number of hydrogen-bond donors (Lipinski definition) is 1. The van der Waals surface area contributed by atoms with Crippen LogP contribution in [-0.2, 0) is 32.2 Å². The van der Waals surface area contributed by atoms with Crippen molar-refractivity contribution in [2.75, 3.05) is 0 Å². The fraction of sp³-hybridized carbons (Fsp3) is 0.536. The Morgan fingerprint density at radius 3 is 2.24 bits per heavy atom. The van der Waals surface area contributed by atoms with Crippen LogP contribution in [0.3, 0.4) is 0 Å². The van der Waals surface area contributed by atoms with Crippen LogP contribution < -0.4 is 0 Å². The minimum absolute atomic E-state index is 0.0346. The SMILES string of the molecule is CCC[C@@]1(O)[C@H](OCc2ccccc2)[C@@H](OCc2ccccc2)[C@@H]2OC(=O)[C@]13CCCC[C@@H]23. The molecule has 1 saturated heterocycles. The first-order valence-electron chi connectivity index (χ1n) is 12.3. The Morgan fingerprint density at radius 1 is 0.970 bits per heavy atom. The zero-order valence-corrected chi connectivity index (χ0v) is 19.3. The summed E-state index contributed by atoms with van der Waals surface area (Å²) in [6.45, 7) is 2.78. The molecule has 2 saturated carbocycles. The smallest absolute Gasteiger partial charge is 0.315 e. The number of rotatable bonds is 8. The summed E-state index contributed by atoms with van der Waals surface area (Å²) in [4.78, 5) is 13.4. The van der Waals surface area contributed by atoms with Crippen LogP contribution in [0.25, 0.3) is 0 Å². The van der Waals surface area contributed by atoms with E-state index in [0.717, 1.165) is 36.8 Å². The normalized spacial score (nSPS) is 35.2. The molecule has 1 aliphatic heterocycles. The van der Waals surface area contributed by atoms with Gasteiger partial charge in [-0.3, -0.25) is 4.79 Å². The van der Waals surface area contributed by atoms with E-state index in [1.54, 1.807) is 0 Å². The molecule has 0 spiro atoms. The molecule has 33 heavy (non-hydrogen) atoms. The molecule has 0 aromatic heterocycles. The number of benzene rings is 2. The Labute approximate surface area is 196 Å². The van der Waals surface area contributed by atoms with Crippen molar-refractivity contribution in [2.24, 2.45) is 11.3 Å². The van der Waals surface area contributed by atoms with Crippen LogP contribution in [0.1, 0.15) is 56.6 Å². The third kappa shape index (κ3) is 3.71. The van der Waals surface area contributed by atoms with Crippen LogP contribution in [0.2, 0.25) is 0 Å². The molecule has 1 N–H and O–H groups in total. The van der Waals surface area contributed by atoms with E-state index in [-0.39, 0.29) is 18.0 Å². The first-order chi connectivity index (χ1) is 16.1. The summed E-state index contributed by atoms with van der Waals surface area (Å²) in [7, 11) is 0. The number of ether oxygens (including phenoxy) is 3. The van der Waals surface area contributed by atoms with E-state index in [1.165, 1.54) is 0 Å². The van der Waals surface area contributed by atoms with Crippen molar-refractivity contribution < 1.29 is 24.1 Å². The lowest BCUT2D eigenvalue weighted by atomic mass is 9.50. The molecule has 2 aromatic carbocycles. The number of hydrogen-bond acceptors (Lipinski definition) is 5. The quantitative estimate of drug-likeness (QED) is 0.585. The van der Waals surface area contributed by atoms with Crippen molar-refractivity contribution in [3.63, 3.8) is 0 Å². The maximum atomic E-state index is 13.4. The summed E-state index contributed by atoms with van der Waals surface area (Å²) >= 11 is 0. The van der Waals surface area contributed by atoms with Gasteiger partial charge >= 0.3 is 5.97 Å². The van der Waals surface area contributed by atoms with Gasteiger partial charge in [-0.25, -0.2) is 0 Å². The Bertz CT molecular complexity index is 947. The Morgan fingerprint density at radius 2 is 1.61 bits per heavy atom. The third-order valence-electron chi connectivity index (χ3n) is 8.03. The molecule has 1 heterocycles. The lowest BCUT2D eigenvalue weighted by Crippen LogP contribution is -2.71. The summed E-state index contributed by atoms with van der Waals surface area (Å²) in [5, 5.41) is 12.4. The van der Waals surface area contributed by atoms with Crippen LogP contribution in [0, 0.1) is 11.3 Å². The zero-order valence-electron chi connectivity index (χ0n) is 19.3. The average molecular weight is 451 g/mol. The van der Waals surface area contributed by atoms with Gasteiger partial charge < -0.3 is 19.3 Å². The van der Waals surface area contributed by atoms with Gasteiger partial charge in [-0.15, -0.1) is 0 Å². The van der Waals surface area contributed by atoms with Gasteiger partial charge in [-0.05, 0) is 30.4 Å². The molecule has 5 rings (SSSR count). The second kappa shape index (κ2) is 9.21. The molecule has 0 unspecified atom stereocenters. The van der Waals surface area contributed by atoms with E-state index in [1.807, 2.05) is 67.6 Å². The Hall–Kier alpha value is -2.21. The lowest BCUT2D eigenvalue weighted by molar-refractivity contribution is -0.266. The molecule has 0 radical (unpaired) electrons. The number of aliphatic hydroxyl groups is 1. The highest BCUT2D eigenvalue weighted by Crippen LogP contribution is 2.63. The molecule has 5 nitrogen and oxygen atoms in total. The summed E-state index contributed by atoms with van der Waals surface area (Å²) in [6.07, 6.45) is 3.17. The highest BCUT2D eigenvalue weighted by molar-refractivity contribution is 5.82. The molecule has 3 aliphatic rings. The van der Waals surface area contributed by atoms with Gasteiger partial charge in [0.2, 0.25) is 0 Å². The van der Waals surface area contributed by atoms with Crippen molar-refractivity contribution in [1.29, 1.82) is 0 Å². The first kappa shape index (κ1) is 22.6. The number of carbonyl (C=O) groups excluding carboxylic acids is 1. The monoisotopic (exact) mass is 450 g/mol. The molecular formula is C28H34O5. The maximum Gasteiger partial charge on any atom is 0.315 e. The Balaban J connectivity index is 1.51. The second-order valence-corrected chi connectivity index (χ2v) is 9.85. The fourth-order valence-corrected chi connectivity index (χ4v) is 6.61. The van der Waals surface area contributed by atoms with Crippen molar-refractivity contribution in [1.82, 2.24) is 0 Å². The molecular weight excluding hydrogens is 416 g/mol. The van der Waals surface area contributed by atoms with Crippen molar-refractivity contribution in [3.05, 3.63) is 71.8 Å². The summed E-state index contributed by atoms with van der Waals surface area (Å²) in [5.41, 5.74) is -0.156. The maximum absolute atomic E-state index is 13.4. The van der Waals surface area contributed by atoms with Crippen LogP contribution in [-0.4, -0.2) is 35.0 Å². The van der Waals surface area contributed by atoms with E-state index < -0.39 is 23.2 Å². The average Bonchev–Trinajstić information content (AvgIpc) is 3.13. The molecule has 6 atom stereocenters. The van der Waals surface area contributed by atoms with E-state index in [2.05, 4.69) is 0 Å². The summed E-state index contributed by atoms with van der Waals surface area (Å²) < 4.78 is 19.0. The highest BCUT2D eigenvalue weighted by atomic mass is 16.6. The second-order valence-electron chi connectivity index (χ2n) is 9.85. The van der Waals surface area contributed by atoms with Crippen LogP contribution in [0.4, 0.5) is 0 Å². The fourth-order valence-electron chi connectivity index (χ4n) is 6.61. The molecule has 176 valence electrons.